The third-order valence-electron chi connectivity index (χ3n) is 5.74. The number of nitrogens with one attached hydrogen (secondary N) is 1. The first-order valence-corrected chi connectivity index (χ1v) is 12.1. The minimum Gasteiger partial charge on any atom is -0.442 e. The van der Waals surface area contributed by atoms with Crippen molar-refractivity contribution in [3.63, 3.8) is 0 Å². The highest BCUT2D eigenvalue weighted by Gasteiger charge is 2.28. The fourth-order valence-corrected chi connectivity index (χ4v) is 4.74. The lowest BCUT2D eigenvalue weighted by Crippen LogP contribution is -2.20. The summed E-state index contributed by atoms with van der Waals surface area (Å²) in [7, 11) is 0. The number of benzene rings is 2. The monoisotopic (exact) mass is 467 g/mol. The first-order valence-electron chi connectivity index (χ1n) is 10.5. The third kappa shape index (κ3) is 4.71. The standard InChI is InChI=1S/C25H26ClN3O2S/c1-15-8-10-20(14-23(15)26)29-17(3)24(16(2)28-29)18-9-11-21(12-18)31-25(30)27-19-6-5-7-22(13-19)32-4/h5-11,13-14,18,21H,12H2,1-4H3,(H,27,30). The summed E-state index contributed by atoms with van der Waals surface area (Å²) in [5, 5.41) is 8.30. The van der Waals surface area contributed by atoms with Gasteiger partial charge < -0.3 is 4.74 Å². The maximum atomic E-state index is 12.4. The van der Waals surface area contributed by atoms with E-state index < -0.39 is 6.09 Å². The van der Waals surface area contributed by atoms with Gasteiger partial charge in [-0.1, -0.05) is 29.8 Å². The van der Waals surface area contributed by atoms with Crippen LogP contribution in [0.15, 0.2) is 59.5 Å². The molecule has 1 aliphatic rings. The Morgan fingerprint density at radius 2 is 2.00 bits per heavy atom. The van der Waals surface area contributed by atoms with Gasteiger partial charge in [0.25, 0.3) is 0 Å². The van der Waals surface area contributed by atoms with E-state index in [1.165, 1.54) is 0 Å². The molecule has 0 saturated carbocycles. The molecule has 1 aromatic heterocycles. The molecular weight excluding hydrogens is 442 g/mol. The fourth-order valence-electron chi connectivity index (χ4n) is 4.11. The van der Waals surface area contributed by atoms with Gasteiger partial charge in [-0.3, -0.25) is 5.32 Å². The zero-order valence-corrected chi connectivity index (χ0v) is 20.1. The number of carbonyl (C=O) groups is 1. The molecule has 2 unspecified atom stereocenters. The highest BCUT2D eigenvalue weighted by atomic mass is 35.5. The van der Waals surface area contributed by atoms with Crippen molar-refractivity contribution in [1.82, 2.24) is 9.78 Å². The molecule has 0 fully saturated rings. The lowest BCUT2D eigenvalue weighted by molar-refractivity contribution is 0.132. The molecule has 4 rings (SSSR count). The molecule has 32 heavy (non-hydrogen) atoms. The number of hydrogen-bond acceptors (Lipinski definition) is 4. The molecule has 166 valence electrons. The van der Waals surface area contributed by atoms with Crippen LogP contribution in [-0.4, -0.2) is 28.2 Å². The van der Waals surface area contributed by atoms with Crippen molar-refractivity contribution >= 4 is 35.1 Å². The molecule has 0 spiro atoms. The summed E-state index contributed by atoms with van der Waals surface area (Å²) >= 11 is 7.95. The second-order valence-corrected chi connectivity index (χ2v) is 9.24. The van der Waals surface area contributed by atoms with Crippen molar-refractivity contribution in [2.75, 3.05) is 11.6 Å². The summed E-state index contributed by atoms with van der Waals surface area (Å²) in [6.45, 7) is 6.07. The quantitative estimate of drug-likeness (QED) is 0.330. The number of amides is 1. The van der Waals surface area contributed by atoms with Crippen molar-refractivity contribution in [2.24, 2.45) is 0 Å². The van der Waals surface area contributed by atoms with E-state index in [4.69, 9.17) is 21.4 Å². The van der Waals surface area contributed by atoms with Crippen LogP contribution in [0.3, 0.4) is 0 Å². The molecule has 0 radical (unpaired) electrons. The topological polar surface area (TPSA) is 56.1 Å². The van der Waals surface area contributed by atoms with Gasteiger partial charge in [-0.2, -0.15) is 5.10 Å². The van der Waals surface area contributed by atoms with Gasteiger partial charge in [0.1, 0.15) is 6.10 Å². The van der Waals surface area contributed by atoms with Gasteiger partial charge in [0.2, 0.25) is 0 Å². The average Bonchev–Trinajstić information content (AvgIpc) is 3.33. The number of ether oxygens (including phenoxy) is 1. The summed E-state index contributed by atoms with van der Waals surface area (Å²) in [6.07, 6.45) is 6.04. The Kier molecular flexibility index (Phi) is 6.63. The molecule has 5 nitrogen and oxygen atoms in total. The van der Waals surface area contributed by atoms with Crippen molar-refractivity contribution in [3.8, 4) is 5.69 Å². The Hall–Kier alpha value is -2.70. The maximum absolute atomic E-state index is 12.4. The predicted molar refractivity (Wildman–Crippen MR) is 131 cm³/mol. The summed E-state index contributed by atoms with van der Waals surface area (Å²) < 4.78 is 7.59. The summed E-state index contributed by atoms with van der Waals surface area (Å²) in [6, 6.07) is 13.7. The van der Waals surface area contributed by atoms with E-state index in [9.17, 15) is 4.79 Å². The Morgan fingerprint density at radius 1 is 1.19 bits per heavy atom. The SMILES string of the molecule is CSc1cccc(NC(=O)OC2C=CC(c3c(C)nn(-c4ccc(C)c(Cl)c4)c3C)C2)c1. The van der Waals surface area contributed by atoms with Crippen LogP contribution in [0.25, 0.3) is 5.69 Å². The third-order valence-corrected chi connectivity index (χ3v) is 6.87. The Balaban J connectivity index is 1.44. The lowest BCUT2D eigenvalue weighted by Gasteiger charge is -2.15. The Labute approximate surface area is 197 Å². The molecule has 3 aromatic rings. The summed E-state index contributed by atoms with van der Waals surface area (Å²) in [4.78, 5) is 13.5. The number of aromatic nitrogens is 2. The highest BCUT2D eigenvalue weighted by Crippen LogP contribution is 2.35. The van der Waals surface area contributed by atoms with Crippen LogP contribution in [0.4, 0.5) is 10.5 Å². The largest absolute Gasteiger partial charge is 0.442 e. The van der Waals surface area contributed by atoms with E-state index in [2.05, 4.69) is 18.3 Å². The number of rotatable bonds is 5. The molecule has 2 aromatic carbocycles. The van der Waals surface area contributed by atoms with Crippen molar-refractivity contribution in [1.29, 1.82) is 0 Å². The summed E-state index contributed by atoms with van der Waals surface area (Å²) in [5.41, 5.74) is 5.90. The van der Waals surface area contributed by atoms with E-state index in [0.29, 0.717) is 6.42 Å². The van der Waals surface area contributed by atoms with E-state index >= 15 is 0 Å². The molecule has 2 atom stereocenters. The van der Waals surface area contributed by atoms with Crippen molar-refractivity contribution < 1.29 is 9.53 Å². The Morgan fingerprint density at radius 3 is 2.75 bits per heavy atom. The normalized spacial score (nSPS) is 17.5. The molecule has 0 aliphatic heterocycles. The highest BCUT2D eigenvalue weighted by molar-refractivity contribution is 7.98. The van der Waals surface area contributed by atoms with Crippen LogP contribution in [0.5, 0.6) is 0 Å². The van der Waals surface area contributed by atoms with Gasteiger partial charge in [0.15, 0.2) is 0 Å². The molecule has 7 heteroatoms. The van der Waals surface area contributed by atoms with E-state index in [0.717, 1.165) is 43.8 Å². The fraction of sp³-hybridized carbons (Fsp3) is 0.280. The van der Waals surface area contributed by atoms with Crippen LogP contribution in [0, 0.1) is 20.8 Å². The van der Waals surface area contributed by atoms with Crippen LogP contribution in [-0.2, 0) is 4.74 Å². The van der Waals surface area contributed by atoms with E-state index in [1.807, 2.05) is 73.3 Å². The molecule has 1 N–H and O–H groups in total. The van der Waals surface area contributed by atoms with Gasteiger partial charge in [0.05, 0.1) is 11.4 Å². The van der Waals surface area contributed by atoms with Crippen molar-refractivity contribution in [3.05, 3.63) is 82.2 Å². The van der Waals surface area contributed by atoms with Gasteiger partial charge in [0, 0.05) is 32.8 Å². The maximum Gasteiger partial charge on any atom is 0.412 e. The lowest BCUT2D eigenvalue weighted by atomic mass is 9.96. The first kappa shape index (κ1) is 22.5. The average molecular weight is 468 g/mol. The Bertz CT molecular complexity index is 1190. The van der Waals surface area contributed by atoms with Gasteiger partial charge in [-0.25, -0.2) is 9.48 Å². The zero-order chi connectivity index (χ0) is 22.8. The number of aryl methyl sites for hydroxylation is 2. The number of carbonyl (C=O) groups excluding carboxylic acids is 1. The number of nitrogens with zero attached hydrogens (tertiary/aromatic N) is 2. The second kappa shape index (κ2) is 9.43. The van der Waals surface area contributed by atoms with Crippen LogP contribution < -0.4 is 5.32 Å². The number of thioether (sulfide) groups is 1. The van der Waals surface area contributed by atoms with Gasteiger partial charge >= 0.3 is 6.09 Å². The molecule has 0 bridgehead atoms. The smallest absolute Gasteiger partial charge is 0.412 e. The van der Waals surface area contributed by atoms with Gasteiger partial charge in [-0.05, 0) is 75.4 Å². The molecular formula is C25H26ClN3O2S. The number of anilines is 1. The molecule has 1 amide bonds. The zero-order valence-electron chi connectivity index (χ0n) is 18.6. The van der Waals surface area contributed by atoms with Crippen molar-refractivity contribution in [2.45, 2.75) is 44.1 Å². The molecule has 1 aliphatic carbocycles. The number of allylic oxidation sites excluding steroid dienone is 1. The van der Waals surface area contributed by atoms with E-state index in [1.54, 1.807) is 11.8 Å². The van der Waals surface area contributed by atoms with Crippen LogP contribution in [0.2, 0.25) is 5.02 Å². The summed E-state index contributed by atoms with van der Waals surface area (Å²) in [5.74, 6) is 0.141. The minimum absolute atomic E-state index is 0.141. The second-order valence-electron chi connectivity index (χ2n) is 7.96. The minimum atomic E-state index is -0.447. The van der Waals surface area contributed by atoms with Crippen LogP contribution in [0.1, 0.15) is 34.9 Å². The molecule has 0 saturated heterocycles. The number of halogens is 1. The first-order chi connectivity index (χ1) is 15.4. The molecule has 1 heterocycles. The van der Waals surface area contributed by atoms with Crippen LogP contribution >= 0.6 is 23.4 Å². The van der Waals surface area contributed by atoms with Gasteiger partial charge in [-0.15, -0.1) is 11.8 Å². The van der Waals surface area contributed by atoms with E-state index in [-0.39, 0.29) is 12.0 Å². The predicted octanol–water partition coefficient (Wildman–Crippen LogP) is 6.83. The number of hydrogen-bond donors (Lipinski definition) is 1.